The smallest absolute Gasteiger partial charge is 0.177 e. The maximum atomic E-state index is 4.58. The summed E-state index contributed by atoms with van der Waals surface area (Å²) in [6, 6.07) is 0. The van der Waals surface area contributed by atoms with Crippen LogP contribution in [-0.2, 0) is 13.0 Å². The van der Waals surface area contributed by atoms with Gasteiger partial charge in [0, 0.05) is 19.3 Å². The number of nitrogens with one attached hydrogen (secondary N) is 1. The Bertz CT molecular complexity index is 491. The van der Waals surface area contributed by atoms with Crippen LogP contribution in [0.4, 0.5) is 0 Å². The molecule has 0 saturated heterocycles. The molecule has 0 radical (unpaired) electrons. The van der Waals surface area contributed by atoms with E-state index in [0.29, 0.717) is 0 Å². The van der Waals surface area contributed by atoms with Crippen molar-refractivity contribution in [2.45, 2.75) is 13.0 Å². The molecular weight excluding hydrogens is 202 g/mol. The fraction of sp³-hybridized carbons (Fsp3) is 0.364. The Balaban J connectivity index is 2.01. The highest BCUT2D eigenvalue weighted by atomic mass is 15.1. The molecule has 5 nitrogen and oxygen atoms in total. The third-order valence-electron chi connectivity index (χ3n) is 2.88. The number of aromatic nitrogens is 4. The molecule has 0 atom stereocenters. The predicted octanol–water partition coefficient (Wildman–Crippen LogP) is 0.855. The maximum Gasteiger partial charge on any atom is 0.177 e. The van der Waals surface area contributed by atoms with E-state index in [9.17, 15) is 0 Å². The summed E-state index contributed by atoms with van der Waals surface area (Å²) in [6.07, 6.45) is 6.36. The molecule has 0 aliphatic carbocycles. The van der Waals surface area contributed by atoms with Gasteiger partial charge in [0.2, 0.25) is 0 Å². The van der Waals surface area contributed by atoms with E-state index in [-0.39, 0.29) is 0 Å². The summed E-state index contributed by atoms with van der Waals surface area (Å²) in [5.74, 6) is 0.728. The van der Waals surface area contributed by atoms with Crippen LogP contribution in [0.5, 0.6) is 0 Å². The Hall–Kier alpha value is -1.75. The van der Waals surface area contributed by atoms with Gasteiger partial charge in [-0.25, -0.2) is 15.0 Å². The lowest BCUT2D eigenvalue weighted by molar-refractivity contribution is 0.307. The highest BCUT2D eigenvalue weighted by Gasteiger charge is 2.16. The van der Waals surface area contributed by atoms with Crippen molar-refractivity contribution >= 4 is 0 Å². The summed E-state index contributed by atoms with van der Waals surface area (Å²) in [5.41, 5.74) is 3.27. The van der Waals surface area contributed by atoms with Gasteiger partial charge in [0.25, 0.3) is 0 Å². The number of H-pyrrole nitrogens is 1. The van der Waals surface area contributed by atoms with Crippen molar-refractivity contribution in [3.63, 3.8) is 0 Å². The highest BCUT2D eigenvalue weighted by Crippen LogP contribution is 2.18. The third-order valence-corrected chi connectivity index (χ3v) is 2.88. The molecule has 0 saturated carbocycles. The van der Waals surface area contributed by atoms with Gasteiger partial charge >= 0.3 is 0 Å². The predicted molar refractivity (Wildman–Crippen MR) is 59.7 cm³/mol. The second-order valence-electron chi connectivity index (χ2n) is 4.12. The minimum absolute atomic E-state index is 0.728. The second kappa shape index (κ2) is 3.68. The lowest BCUT2D eigenvalue weighted by Crippen LogP contribution is -2.27. The van der Waals surface area contributed by atoms with Crippen molar-refractivity contribution in [2.75, 3.05) is 13.6 Å². The fourth-order valence-electron chi connectivity index (χ4n) is 1.94. The lowest BCUT2D eigenvalue weighted by Gasteiger charge is -2.23. The maximum absolute atomic E-state index is 4.58. The van der Waals surface area contributed by atoms with E-state index < -0.39 is 0 Å². The van der Waals surface area contributed by atoms with E-state index in [1.807, 2.05) is 6.20 Å². The molecule has 0 aromatic carbocycles. The Labute approximate surface area is 93.6 Å². The van der Waals surface area contributed by atoms with Crippen molar-refractivity contribution in [3.05, 3.63) is 30.0 Å². The van der Waals surface area contributed by atoms with Crippen LogP contribution in [0.1, 0.15) is 11.3 Å². The first-order valence-electron chi connectivity index (χ1n) is 5.35. The molecule has 0 fully saturated rings. The van der Waals surface area contributed by atoms with Gasteiger partial charge in [-0.05, 0) is 19.0 Å². The molecule has 1 aliphatic rings. The van der Waals surface area contributed by atoms with Crippen LogP contribution in [0.25, 0.3) is 11.5 Å². The van der Waals surface area contributed by atoms with Gasteiger partial charge in [-0.1, -0.05) is 0 Å². The van der Waals surface area contributed by atoms with Crippen LogP contribution in [-0.4, -0.2) is 38.4 Å². The zero-order valence-corrected chi connectivity index (χ0v) is 9.14. The normalized spacial score (nSPS) is 16.1. The number of hydrogen-bond acceptors (Lipinski definition) is 4. The summed E-state index contributed by atoms with van der Waals surface area (Å²) < 4.78 is 0. The Kier molecular flexibility index (Phi) is 2.18. The largest absolute Gasteiger partial charge is 0.342 e. The molecule has 16 heavy (non-hydrogen) atoms. The van der Waals surface area contributed by atoms with Crippen LogP contribution >= 0.6 is 0 Å². The van der Waals surface area contributed by atoms with Crippen LogP contribution < -0.4 is 0 Å². The first-order chi connectivity index (χ1) is 7.83. The number of rotatable bonds is 1. The fourth-order valence-corrected chi connectivity index (χ4v) is 1.94. The van der Waals surface area contributed by atoms with Crippen LogP contribution in [0.2, 0.25) is 0 Å². The van der Waals surface area contributed by atoms with Crippen molar-refractivity contribution in [1.82, 2.24) is 24.8 Å². The molecule has 2 aromatic heterocycles. The zero-order valence-electron chi connectivity index (χ0n) is 9.14. The molecule has 3 rings (SSSR count). The van der Waals surface area contributed by atoms with Gasteiger partial charge in [-0.3, -0.25) is 0 Å². The number of fused-ring (bicyclic) bond motifs is 1. The van der Waals surface area contributed by atoms with Crippen molar-refractivity contribution in [1.29, 1.82) is 0 Å². The topological polar surface area (TPSA) is 57.7 Å². The number of nitrogens with zero attached hydrogens (tertiary/aromatic N) is 4. The molecule has 5 heteroatoms. The van der Waals surface area contributed by atoms with E-state index in [1.165, 1.54) is 5.56 Å². The number of likely N-dealkylation sites (N-methyl/N-ethyl adjacent to an activating group) is 1. The summed E-state index contributed by atoms with van der Waals surface area (Å²) in [4.78, 5) is 18.2. The average molecular weight is 215 g/mol. The molecule has 2 aromatic rings. The SMILES string of the molecule is CN1CCc2cnc(-c3cnc[nH]3)nc2C1. The van der Waals surface area contributed by atoms with Crippen LogP contribution in [0.15, 0.2) is 18.7 Å². The van der Waals surface area contributed by atoms with Gasteiger partial charge in [0.15, 0.2) is 5.82 Å². The summed E-state index contributed by atoms with van der Waals surface area (Å²) in [5, 5.41) is 0. The summed E-state index contributed by atoms with van der Waals surface area (Å²) in [7, 11) is 2.11. The molecule has 0 bridgehead atoms. The molecule has 3 heterocycles. The van der Waals surface area contributed by atoms with Gasteiger partial charge in [0.05, 0.1) is 18.2 Å². The van der Waals surface area contributed by atoms with E-state index in [2.05, 4.69) is 31.9 Å². The zero-order chi connectivity index (χ0) is 11.0. The van der Waals surface area contributed by atoms with Crippen molar-refractivity contribution in [2.24, 2.45) is 0 Å². The summed E-state index contributed by atoms with van der Waals surface area (Å²) in [6.45, 7) is 1.98. The molecule has 82 valence electrons. The molecular formula is C11H13N5. The van der Waals surface area contributed by atoms with E-state index in [1.54, 1.807) is 12.5 Å². The number of imidazole rings is 1. The first kappa shape index (κ1) is 9.47. The van der Waals surface area contributed by atoms with Gasteiger partial charge in [0.1, 0.15) is 5.69 Å². The molecule has 1 N–H and O–H groups in total. The highest BCUT2D eigenvalue weighted by molar-refractivity contribution is 5.47. The average Bonchev–Trinajstić information content (AvgIpc) is 2.81. The lowest BCUT2D eigenvalue weighted by atomic mass is 10.1. The summed E-state index contributed by atoms with van der Waals surface area (Å²) >= 11 is 0. The van der Waals surface area contributed by atoms with Crippen LogP contribution in [0, 0.1) is 0 Å². The number of aromatic amines is 1. The monoisotopic (exact) mass is 215 g/mol. The Morgan fingerprint density at radius 2 is 2.31 bits per heavy atom. The van der Waals surface area contributed by atoms with Gasteiger partial charge < -0.3 is 9.88 Å². The van der Waals surface area contributed by atoms with Crippen molar-refractivity contribution in [3.8, 4) is 11.5 Å². The standard InChI is InChI=1S/C11H13N5/c1-16-3-2-8-4-13-11(15-10(8)6-16)9-5-12-7-14-9/h4-5,7H,2-3,6H2,1H3,(H,12,14). The number of hydrogen-bond donors (Lipinski definition) is 1. The van der Waals surface area contributed by atoms with E-state index in [0.717, 1.165) is 36.7 Å². The Morgan fingerprint density at radius 1 is 1.38 bits per heavy atom. The molecule has 0 spiro atoms. The molecule has 1 aliphatic heterocycles. The van der Waals surface area contributed by atoms with E-state index in [4.69, 9.17) is 0 Å². The minimum atomic E-state index is 0.728. The quantitative estimate of drug-likeness (QED) is 0.766. The third kappa shape index (κ3) is 1.59. The molecule has 0 unspecified atom stereocenters. The minimum Gasteiger partial charge on any atom is -0.342 e. The van der Waals surface area contributed by atoms with Gasteiger partial charge in [-0.15, -0.1) is 0 Å². The van der Waals surface area contributed by atoms with Crippen LogP contribution in [0.3, 0.4) is 0 Å². The molecule has 0 amide bonds. The Morgan fingerprint density at radius 3 is 3.12 bits per heavy atom. The first-order valence-corrected chi connectivity index (χ1v) is 5.35. The van der Waals surface area contributed by atoms with Crippen molar-refractivity contribution < 1.29 is 0 Å². The van der Waals surface area contributed by atoms with E-state index >= 15 is 0 Å². The van der Waals surface area contributed by atoms with Gasteiger partial charge in [-0.2, -0.15) is 0 Å². The second-order valence-corrected chi connectivity index (χ2v) is 4.12.